The van der Waals surface area contributed by atoms with Crippen LogP contribution in [0.5, 0.6) is 0 Å². The maximum atomic E-state index is 15.1. The molecule has 0 radical (unpaired) electrons. The van der Waals surface area contributed by atoms with E-state index >= 15 is 9.59 Å². The van der Waals surface area contributed by atoms with Crippen LogP contribution in [0, 0.1) is 11.8 Å². The van der Waals surface area contributed by atoms with Gasteiger partial charge in [-0.15, -0.1) is 0 Å². The summed E-state index contributed by atoms with van der Waals surface area (Å²) >= 11 is 0. The van der Waals surface area contributed by atoms with Gasteiger partial charge in [-0.3, -0.25) is 43.2 Å². The summed E-state index contributed by atoms with van der Waals surface area (Å²) in [6, 6.07) is 30.6. The monoisotopic (exact) mass is 1130 g/mol. The molecule has 5 amide bonds. The van der Waals surface area contributed by atoms with Crippen molar-refractivity contribution in [2.24, 2.45) is 23.3 Å². The van der Waals surface area contributed by atoms with Gasteiger partial charge in [0.05, 0.1) is 42.1 Å². The van der Waals surface area contributed by atoms with Crippen LogP contribution < -0.4 is 32.7 Å². The Labute approximate surface area is 473 Å². The van der Waals surface area contributed by atoms with Crippen LogP contribution in [0.3, 0.4) is 0 Å². The first-order valence-corrected chi connectivity index (χ1v) is 29.2. The summed E-state index contributed by atoms with van der Waals surface area (Å²) in [5, 5.41) is 34.1. The van der Waals surface area contributed by atoms with Crippen LogP contribution in [0.25, 0.3) is 10.8 Å². The third-order valence-corrected chi connectivity index (χ3v) is 16.6. The normalized spacial score (nSPS) is 23.2. The Balaban J connectivity index is 1.42. The molecule has 0 saturated carbocycles. The number of carbonyl (C=O) groups is 9. The summed E-state index contributed by atoms with van der Waals surface area (Å²) in [7, 11) is 3.52. The number of Topliss-reactive ketones (excluding diaryl/α,β-unsaturated/α-hetero) is 3. The molecule has 1 aliphatic rings. The molecule has 1 heterocycles. The molecule has 6 rings (SSSR count). The van der Waals surface area contributed by atoms with Crippen molar-refractivity contribution in [1.82, 2.24) is 26.2 Å². The number of carboxylic acid groups (broad SMARTS) is 1. The molecule has 1 fully saturated rings. The predicted molar refractivity (Wildman–Crippen MR) is 309 cm³/mol. The summed E-state index contributed by atoms with van der Waals surface area (Å²) in [5.41, 5.74) is 14.4. The smallest absolute Gasteiger partial charge is 0.307 e. The van der Waals surface area contributed by atoms with E-state index in [0.717, 1.165) is 37.3 Å². The van der Waals surface area contributed by atoms with Crippen molar-refractivity contribution in [1.29, 1.82) is 0 Å². The van der Waals surface area contributed by atoms with E-state index in [1.807, 2.05) is 24.3 Å². The molecular formula is C60H71N7O11S2. The minimum absolute atomic E-state index is 0.00574. The Hall–Kier alpha value is -7.23. The second-order valence-corrected chi connectivity index (χ2v) is 22.7. The molecule has 0 bridgehead atoms. The number of hydrogen-bond donors (Lipinski definition) is 8. The average Bonchev–Trinajstić information content (AvgIpc) is 3.45. The fourth-order valence-corrected chi connectivity index (χ4v) is 11.8. The Morgan fingerprint density at radius 3 is 1.64 bits per heavy atom. The fraction of sp³-hybridized carbons (Fsp3) is 0.383. The highest BCUT2D eigenvalue weighted by Gasteiger charge is 2.38. The lowest BCUT2D eigenvalue weighted by Gasteiger charge is -2.31. The Bertz CT molecular complexity index is 2940. The molecule has 424 valence electrons. The maximum Gasteiger partial charge on any atom is 0.307 e. The molecule has 9 atom stereocenters. The molecule has 18 nitrogen and oxygen atoms in total. The molecule has 0 spiro atoms. The third kappa shape index (κ3) is 18.4. The number of nitrogens with one attached hydrogen (secondary N) is 4. The topological polar surface area (TPSA) is 297 Å². The number of aliphatic carboxylic acids is 1. The number of fused-ring (bicyclic) bond motifs is 1. The first-order valence-electron chi connectivity index (χ1n) is 26.7. The second-order valence-electron chi connectivity index (χ2n) is 20.2. The average molecular weight is 1130 g/mol. The molecule has 80 heavy (non-hydrogen) atoms. The third-order valence-electron chi connectivity index (χ3n) is 14.1. The summed E-state index contributed by atoms with van der Waals surface area (Å²) in [6.45, 7) is 1.54. The fourth-order valence-electron chi connectivity index (χ4n) is 9.33. The Morgan fingerprint density at radius 2 is 1.07 bits per heavy atom. The quantitative estimate of drug-likeness (QED) is 0.0566. The van der Waals surface area contributed by atoms with Gasteiger partial charge in [-0.1, -0.05) is 143 Å². The number of hydrogen-bond acceptors (Lipinski definition) is 14. The van der Waals surface area contributed by atoms with Gasteiger partial charge in [0.15, 0.2) is 17.3 Å². The maximum absolute atomic E-state index is 15.1. The number of unbranched alkanes of at least 4 members (excludes halogenated alkanes) is 1. The summed E-state index contributed by atoms with van der Waals surface area (Å²) < 4.78 is 0. The Kier molecular flexibility index (Phi) is 24.0. The first kappa shape index (κ1) is 62.0. The lowest BCUT2D eigenvalue weighted by molar-refractivity contribution is -0.143. The predicted octanol–water partition coefficient (Wildman–Crippen LogP) is 4.37. The van der Waals surface area contributed by atoms with E-state index in [4.69, 9.17) is 11.5 Å². The number of carboxylic acids is 1. The largest absolute Gasteiger partial charge is 0.481 e. The molecular weight excluding hydrogens is 1060 g/mol. The summed E-state index contributed by atoms with van der Waals surface area (Å²) in [6.07, 6.45) is -2.66. The van der Waals surface area contributed by atoms with Gasteiger partial charge in [0, 0.05) is 49.8 Å². The van der Waals surface area contributed by atoms with E-state index in [2.05, 4.69) is 21.3 Å². The van der Waals surface area contributed by atoms with Crippen molar-refractivity contribution < 1.29 is 53.4 Å². The number of amides is 5. The number of ketones is 3. The van der Waals surface area contributed by atoms with Crippen molar-refractivity contribution in [3.8, 4) is 0 Å². The lowest BCUT2D eigenvalue weighted by atomic mass is 9.90. The van der Waals surface area contributed by atoms with E-state index in [0.29, 0.717) is 29.5 Å². The van der Waals surface area contributed by atoms with Crippen molar-refractivity contribution in [3.63, 3.8) is 0 Å². The van der Waals surface area contributed by atoms with Crippen molar-refractivity contribution in [3.05, 3.63) is 156 Å². The highest BCUT2D eigenvalue weighted by atomic mass is 33.1. The van der Waals surface area contributed by atoms with Crippen molar-refractivity contribution >= 4 is 85.2 Å². The van der Waals surface area contributed by atoms with Gasteiger partial charge in [-0.25, -0.2) is 0 Å². The Morgan fingerprint density at radius 1 is 0.588 bits per heavy atom. The highest BCUT2D eigenvalue weighted by molar-refractivity contribution is 8.76. The van der Waals surface area contributed by atoms with E-state index in [1.165, 1.54) is 14.0 Å². The van der Waals surface area contributed by atoms with Gasteiger partial charge in [-0.05, 0) is 85.2 Å². The van der Waals surface area contributed by atoms with Gasteiger partial charge in [-0.2, -0.15) is 0 Å². The zero-order valence-corrected chi connectivity index (χ0v) is 46.5. The number of nitrogens with zero attached hydrogens (tertiary/aromatic N) is 1. The lowest BCUT2D eigenvalue weighted by Crippen LogP contribution is -2.57. The number of nitrogens with two attached hydrogens (primary N) is 2. The number of carbonyl (C=O) groups excluding carboxylic acids is 8. The van der Waals surface area contributed by atoms with Crippen LogP contribution in [0.1, 0.15) is 72.5 Å². The van der Waals surface area contributed by atoms with Crippen molar-refractivity contribution in [2.45, 2.75) is 107 Å². The molecule has 5 aromatic carbocycles. The minimum atomic E-state index is -1.61. The van der Waals surface area contributed by atoms with E-state index in [9.17, 15) is 43.8 Å². The minimum Gasteiger partial charge on any atom is -0.481 e. The molecule has 1 aliphatic heterocycles. The number of rotatable bonds is 14. The van der Waals surface area contributed by atoms with E-state index in [-0.39, 0.29) is 49.3 Å². The second kappa shape index (κ2) is 30.9. The van der Waals surface area contributed by atoms with Crippen LogP contribution in [0.4, 0.5) is 0 Å². The van der Waals surface area contributed by atoms with Crippen molar-refractivity contribution in [2.75, 3.05) is 25.1 Å². The summed E-state index contributed by atoms with van der Waals surface area (Å²) in [4.78, 5) is 130. The van der Waals surface area contributed by atoms with Crippen LogP contribution >= 0.6 is 21.6 Å². The van der Waals surface area contributed by atoms with Gasteiger partial charge < -0.3 is 47.8 Å². The summed E-state index contributed by atoms with van der Waals surface area (Å²) in [5.74, 6) is -10.0. The molecule has 0 aliphatic carbocycles. The highest BCUT2D eigenvalue weighted by Crippen LogP contribution is 2.27. The van der Waals surface area contributed by atoms with E-state index < -0.39 is 126 Å². The molecule has 20 heteroatoms. The standard InChI is InChI=1S/C60H71N7O11S2/c1-37(68)45-33-53(70)47(24-14-15-27-61)63-58(75)51(67(2)59(76)43-26-25-41-22-12-13-23-42(41)31-43)34-54(71)49(29-39-18-8-4-9-19-39)65-57(74)50(30-40-20-10-5-11-21-40)66-56(73)46(62)36-80-79-35-44(60(77)78)32-52(69)48(64-55(45)72)28-38-16-6-3-7-17-38/h3-13,16-23,25-26,31,37,44-51,68H,14-15,24,27-30,32-36,61-62H2,1-2H3,(H,63,75)(H,64,72)(H,65,74)(H,66,73)(H,77,78)/t37?,44-,45-,46+,47-,48-,49-,50-,51-/m0/s1. The molecule has 1 saturated heterocycles. The zero-order valence-electron chi connectivity index (χ0n) is 44.9. The van der Waals surface area contributed by atoms with Crippen LogP contribution in [0.2, 0.25) is 0 Å². The number of aliphatic hydroxyl groups excluding tert-OH is 1. The molecule has 5 aromatic rings. The SMILES string of the molecule is CC(O)[C@@H]1CC(=O)[C@H](CCCCN)NC(=O)[C@@H](N(C)C(=O)c2ccc3ccccc3c2)CC(=O)[C@H](Cc2ccccc2)NC(=O)[C@H](Cc2ccccc2)NC(=O)[C@H](N)CSSC[C@@H](C(=O)O)CC(=O)[C@H](Cc2ccccc2)NC1=O. The van der Waals surface area contributed by atoms with Gasteiger partial charge in [0.25, 0.3) is 5.91 Å². The molecule has 1 unspecified atom stereocenters. The van der Waals surface area contributed by atoms with Crippen LogP contribution in [-0.4, -0.2) is 135 Å². The number of likely N-dealkylation sites (N-methyl/N-ethyl adjacent to an activating group) is 1. The number of benzene rings is 5. The zero-order chi connectivity index (χ0) is 57.7. The van der Waals surface area contributed by atoms with Gasteiger partial charge in [0.2, 0.25) is 23.6 Å². The van der Waals surface area contributed by atoms with Gasteiger partial charge in [0.1, 0.15) is 12.1 Å². The van der Waals surface area contributed by atoms with E-state index in [1.54, 1.807) is 109 Å². The first-order chi connectivity index (χ1) is 38.4. The van der Waals surface area contributed by atoms with Gasteiger partial charge >= 0.3 is 5.97 Å². The van der Waals surface area contributed by atoms with Crippen LogP contribution in [-0.2, 0) is 57.6 Å². The molecule has 10 N–H and O–H groups in total. The molecule has 0 aromatic heterocycles. The number of aliphatic hydroxyl groups is 1. The van der Waals surface area contributed by atoms with Crippen LogP contribution in [0.15, 0.2) is 133 Å².